The van der Waals surface area contributed by atoms with Crippen molar-refractivity contribution < 1.29 is 9.59 Å². The predicted octanol–water partition coefficient (Wildman–Crippen LogP) is 2.50. The minimum atomic E-state index is -0.186. The number of aryl methyl sites for hydroxylation is 1. The summed E-state index contributed by atoms with van der Waals surface area (Å²) >= 11 is 1.43. The van der Waals surface area contributed by atoms with Crippen LogP contribution in [0.15, 0.2) is 42.5 Å². The molecule has 1 fully saturated rings. The highest BCUT2D eigenvalue weighted by molar-refractivity contribution is 7.13. The molecule has 1 aliphatic rings. The van der Waals surface area contributed by atoms with Crippen LogP contribution in [0.4, 0.5) is 0 Å². The average molecular weight is 429 g/mol. The molecule has 1 aliphatic heterocycles. The summed E-state index contributed by atoms with van der Waals surface area (Å²) in [4.78, 5) is 30.6. The SMILES string of the molecule is Cc1ccc(C(=O)NCC(=O)NCCCCN2CCN(Cc3ccccc3)CC2)s1. The number of thiophene rings is 1. The molecule has 2 N–H and O–H groups in total. The second-order valence-electron chi connectivity index (χ2n) is 7.75. The van der Waals surface area contributed by atoms with E-state index in [1.807, 2.05) is 13.0 Å². The molecule has 2 aromatic rings. The van der Waals surface area contributed by atoms with Crippen LogP contribution >= 0.6 is 11.3 Å². The Kier molecular flexibility index (Phi) is 8.86. The molecule has 1 saturated heterocycles. The molecule has 1 aromatic heterocycles. The largest absolute Gasteiger partial charge is 0.355 e. The molecule has 3 rings (SSSR count). The second kappa shape index (κ2) is 11.8. The molecule has 0 atom stereocenters. The molecule has 2 heterocycles. The van der Waals surface area contributed by atoms with Crippen LogP contribution in [0.2, 0.25) is 0 Å². The van der Waals surface area contributed by atoms with Gasteiger partial charge in [0.25, 0.3) is 5.91 Å². The van der Waals surface area contributed by atoms with Gasteiger partial charge in [0.15, 0.2) is 0 Å². The van der Waals surface area contributed by atoms with E-state index in [0.717, 1.165) is 57.0 Å². The fraction of sp³-hybridized carbons (Fsp3) is 0.478. The summed E-state index contributed by atoms with van der Waals surface area (Å²) in [6.07, 6.45) is 2.02. The van der Waals surface area contributed by atoms with Gasteiger partial charge in [0.1, 0.15) is 0 Å². The van der Waals surface area contributed by atoms with Crippen molar-refractivity contribution in [3.05, 3.63) is 57.8 Å². The lowest BCUT2D eigenvalue weighted by atomic mass is 10.2. The molecule has 0 unspecified atom stereocenters. The van der Waals surface area contributed by atoms with Crippen molar-refractivity contribution in [1.29, 1.82) is 0 Å². The van der Waals surface area contributed by atoms with E-state index in [1.165, 1.54) is 16.9 Å². The standard InChI is InChI=1S/C23H32N4O2S/c1-19-9-10-21(30-19)23(29)25-17-22(28)24-11-5-6-12-26-13-15-27(16-14-26)18-20-7-3-2-4-8-20/h2-4,7-10H,5-6,11-18H2,1H3,(H,24,28)(H,25,29). The molecular weight excluding hydrogens is 396 g/mol. The highest BCUT2D eigenvalue weighted by Gasteiger charge is 2.16. The highest BCUT2D eigenvalue weighted by atomic mass is 32.1. The van der Waals surface area contributed by atoms with Crippen molar-refractivity contribution in [1.82, 2.24) is 20.4 Å². The number of nitrogens with one attached hydrogen (secondary N) is 2. The van der Waals surface area contributed by atoms with Crippen molar-refractivity contribution >= 4 is 23.2 Å². The molecule has 7 heteroatoms. The first-order chi connectivity index (χ1) is 14.6. The zero-order valence-corrected chi connectivity index (χ0v) is 18.5. The van der Waals surface area contributed by atoms with Crippen molar-refractivity contribution in [2.45, 2.75) is 26.3 Å². The van der Waals surface area contributed by atoms with Gasteiger partial charge in [-0.05, 0) is 44.0 Å². The number of benzene rings is 1. The molecule has 30 heavy (non-hydrogen) atoms. The second-order valence-corrected chi connectivity index (χ2v) is 9.04. The Bertz CT molecular complexity index is 801. The van der Waals surface area contributed by atoms with E-state index in [0.29, 0.717) is 11.4 Å². The van der Waals surface area contributed by atoms with Crippen LogP contribution in [0, 0.1) is 6.92 Å². The van der Waals surface area contributed by atoms with Crippen LogP contribution in [0.1, 0.15) is 33.0 Å². The van der Waals surface area contributed by atoms with E-state index in [9.17, 15) is 9.59 Å². The fourth-order valence-corrected chi connectivity index (χ4v) is 4.35. The van der Waals surface area contributed by atoms with Crippen LogP contribution < -0.4 is 10.6 Å². The first kappa shape index (κ1) is 22.5. The Morgan fingerprint density at radius 1 is 0.933 bits per heavy atom. The minimum Gasteiger partial charge on any atom is -0.355 e. The maximum absolute atomic E-state index is 11.9. The number of hydrogen-bond donors (Lipinski definition) is 2. The van der Waals surface area contributed by atoms with E-state index in [1.54, 1.807) is 6.07 Å². The maximum atomic E-state index is 11.9. The summed E-state index contributed by atoms with van der Waals surface area (Å²) in [7, 11) is 0. The summed E-state index contributed by atoms with van der Waals surface area (Å²) in [6, 6.07) is 14.3. The molecule has 0 bridgehead atoms. The predicted molar refractivity (Wildman–Crippen MR) is 122 cm³/mol. The first-order valence-corrected chi connectivity index (χ1v) is 11.5. The normalized spacial score (nSPS) is 15.1. The Morgan fingerprint density at radius 3 is 2.37 bits per heavy atom. The van der Waals surface area contributed by atoms with Crippen LogP contribution in [0.3, 0.4) is 0 Å². The van der Waals surface area contributed by atoms with E-state index >= 15 is 0 Å². The van der Waals surface area contributed by atoms with Crippen molar-refractivity contribution in [2.75, 3.05) is 45.8 Å². The number of rotatable bonds is 10. The molecule has 0 spiro atoms. The van der Waals surface area contributed by atoms with Gasteiger partial charge in [-0.3, -0.25) is 14.5 Å². The van der Waals surface area contributed by atoms with Gasteiger partial charge in [-0.25, -0.2) is 0 Å². The number of carbonyl (C=O) groups excluding carboxylic acids is 2. The summed E-state index contributed by atoms with van der Waals surface area (Å²) < 4.78 is 0. The third kappa shape index (κ3) is 7.55. The molecule has 6 nitrogen and oxygen atoms in total. The first-order valence-electron chi connectivity index (χ1n) is 10.7. The molecule has 0 saturated carbocycles. The topological polar surface area (TPSA) is 64.7 Å². The lowest BCUT2D eigenvalue weighted by Crippen LogP contribution is -2.46. The van der Waals surface area contributed by atoms with E-state index in [4.69, 9.17) is 0 Å². The highest BCUT2D eigenvalue weighted by Crippen LogP contribution is 2.14. The zero-order chi connectivity index (χ0) is 21.2. The van der Waals surface area contributed by atoms with Crippen molar-refractivity contribution in [3.63, 3.8) is 0 Å². The van der Waals surface area contributed by atoms with Crippen LogP contribution in [-0.2, 0) is 11.3 Å². The number of hydrogen-bond acceptors (Lipinski definition) is 5. The van der Waals surface area contributed by atoms with Crippen LogP contribution in [0.5, 0.6) is 0 Å². The van der Waals surface area contributed by atoms with Gasteiger partial charge < -0.3 is 15.5 Å². The van der Waals surface area contributed by atoms with Gasteiger partial charge >= 0.3 is 0 Å². The number of amides is 2. The number of nitrogens with zero attached hydrogens (tertiary/aromatic N) is 2. The fourth-order valence-electron chi connectivity index (χ4n) is 3.57. The van der Waals surface area contributed by atoms with Crippen molar-refractivity contribution in [2.24, 2.45) is 0 Å². The Labute approximate surface area is 183 Å². The van der Waals surface area contributed by atoms with E-state index < -0.39 is 0 Å². The van der Waals surface area contributed by atoms with Crippen molar-refractivity contribution in [3.8, 4) is 0 Å². The van der Waals surface area contributed by atoms with Crippen LogP contribution in [-0.4, -0.2) is 67.4 Å². The molecule has 1 aromatic carbocycles. The number of unbranched alkanes of at least 4 members (excludes halogenated alkanes) is 1. The van der Waals surface area contributed by atoms with Gasteiger partial charge in [-0.1, -0.05) is 30.3 Å². The van der Waals surface area contributed by atoms with Gasteiger partial charge in [0.2, 0.25) is 5.91 Å². The smallest absolute Gasteiger partial charge is 0.261 e. The summed E-state index contributed by atoms with van der Waals surface area (Å²) in [5, 5.41) is 5.56. The van der Waals surface area contributed by atoms with Crippen LogP contribution in [0.25, 0.3) is 0 Å². The van der Waals surface area contributed by atoms with E-state index in [2.05, 4.69) is 50.8 Å². The van der Waals surface area contributed by atoms with E-state index in [-0.39, 0.29) is 18.4 Å². The lowest BCUT2D eigenvalue weighted by molar-refractivity contribution is -0.120. The molecule has 162 valence electrons. The monoisotopic (exact) mass is 428 g/mol. The third-order valence-electron chi connectivity index (χ3n) is 5.31. The molecule has 0 aliphatic carbocycles. The molecular formula is C23H32N4O2S. The molecule has 0 radical (unpaired) electrons. The number of piperazine rings is 1. The third-order valence-corrected chi connectivity index (χ3v) is 6.31. The van der Waals surface area contributed by atoms with Gasteiger partial charge in [0, 0.05) is 44.1 Å². The van der Waals surface area contributed by atoms with Gasteiger partial charge in [-0.2, -0.15) is 0 Å². The number of carbonyl (C=O) groups is 2. The minimum absolute atomic E-state index is 0.0269. The average Bonchev–Trinajstić information content (AvgIpc) is 3.20. The molecule has 2 amide bonds. The maximum Gasteiger partial charge on any atom is 0.261 e. The van der Waals surface area contributed by atoms with Gasteiger partial charge in [-0.15, -0.1) is 11.3 Å². The summed E-state index contributed by atoms with van der Waals surface area (Å²) in [5.74, 6) is -0.319. The van der Waals surface area contributed by atoms with Gasteiger partial charge in [0.05, 0.1) is 11.4 Å². The summed E-state index contributed by atoms with van der Waals surface area (Å²) in [6.45, 7) is 9.16. The summed E-state index contributed by atoms with van der Waals surface area (Å²) in [5.41, 5.74) is 1.38. The quantitative estimate of drug-likeness (QED) is 0.571. The Balaban J connectivity index is 1.20. The Hall–Kier alpha value is -2.22. The Morgan fingerprint density at radius 2 is 1.67 bits per heavy atom. The zero-order valence-electron chi connectivity index (χ0n) is 17.7. The lowest BCUT2D eigenvalue weighted by Gasteiger charge is -2.34.